The van der Waals surface area contributed by atoms with Crippen LogP contribution >= 0.6 is 0 Å². The van der Waals surface area contributed by atoms with Gasteiger partial charge in [-0.3, -0.25) is 4.79 Å². The fourth-order valence-electron chi connectivity index (χ4n) is 2.93. The molecule has 2 aromatic rings. The van der Waals surface area contributed by atoms with Gasteiger partial charge in [-0.05, 0) is 38.7 Å². The zero-order valence-electron chi connectivity index (χ0n) is 14.4. The third-order valence-corrected chi connectivity index (χ3v) is 4.31. The van der Waals surface area contributed by atoms with E-state index in [1.165, 1.54) is 24.8 Å². The van der Waals surface area contributed by atoms with Crippen molar-refractivity contribution in [1.82, 2.24) is 15.3 Å². The van der Waals surface area contributed by atoms with E-state index in [0.29, 0.717) is 18.1 Å². The summed E-state index contributed by atoms with van der Waals surface area (Å²) in [4.78, 5) is 23.5. The molecule has 126 valence electrons. The minimum atomic E-state index is -0.153. The van der Waals surface area contributed by atoms with Crippen molar-refractivity contribution in [2.75, 3.05) is 18.0 Å². The second-order valence-electron chi connectivity index (χ2n) is 6.37. The minimum absolute atomic E-state index is 0.153. The molecule has 1 aromatic heterocycles. The highest BCUT2D eigenvalue weighted by Crippen LogP contribution is 2.18. The first-order valence-corrected chi connectivity index (χ1v) is 8.56. The maximum absolute atomic E-state index is 12.5. The number of anilines is 1. The van der Waals surface area contributed by atoms with Crippen molar-refractivity contribution in [2.24, 2.45) is 0 Å². The first kappa shape index (κ1) is 16.4. The highest BCUT2D eigenvalue weighted by atomic mass is 16.1. The van der Waals surface area contributed by atoms with Gasteiger partial charge in [0, 0.05) is 25.7 Å². The second kappa shape index (κ2) is 7.43. The number of aryl methyl sites for hydroxylation is 2. The van der Waals surface area contributed by atoms with E-state index in [2.05, 4.69) is 20.2 Å². The number of hydrogen-bond acceptors (Lipinski definition) is 4. The average molecular weight is 324 g/mol. The molecule has 1 aliphatic heterocycles. The van der Waals surface area contributed by atoms with Gasteiger partial charge >= 0.3 is 0 Å². The summed E-state index contributed by atoms with van der Waals surface area (Å²) in [6.07, 6.45) is 3.63. The lowest BCUT2D eigenvalue weighted by atomic mass is 10.1. The van der Waals surface area contributed by atoms with Crippen LogP contribution in [0.1, 0.15) is 46.7 Å². The van der Waals surface area contributed by atoms with Crippen molar-refractivity contribution >= 4 is 11.7 Å². The van der Waals surface area contributed by atoms with E-state index in [9.17, 15) is 4.79 Å². The highest BCUT2D eigenvalue weighted by molar-refractivity contribution is 5.92. The number of amides is 1. The quantitative estimate of drug-likeness (QED) is 0.939. The van der Waals surface area contributed by atoms with Gasteiger partial charge in [-0.15, -0.1) is 0 Å². The van der Waals surface area contributed by atoms with Gasteiger partial charge in [0.05, 0.1) is 0 Å². The summed E-state index contributed by atoms with van der Waals surface area (Å²) in [5.41, 5.74) is 2.73. The topological polar surface area (TPSA) is 58.1 Å². The van der Waals surface area contributed by atoms with E-state index in [1.54, 1.807) is 0 Å². The molecule has 1 amide bonds. The Morgan fingerprint density at radius 3 is 2.50 bits per heavy atom. The van der Waals surface area contributed by atoms with Crippen LogP contribution in [-0.4, -0.2) is 29.0 Å². The molecule has 1 saturated heterocycles. The Hall–Kier alpha value is -2.43. The first-order chi connectivity index (χ1) is 11.6. The van der Waals surface area contributed by atoms with Crippen LogP contribution in [0, 0.1) is 13.8 Å². The third-order valence-electron chi connectivity index (χ3n) is 4.31. The SMILES string of the molecule is Cc1ccc(CNC(=O)c2cc(N3CCCCC3)nc(C)n2)cc1. The van der Waals surface area contributed by atoms with E-state index in [-0.39, 0.29) is 5.91 Å². The smallest absolute Gasteiger partial charge is 0.270 e. The van der Waals surface area contributed by atoms with Crippen LogP contribution in [0.15, 0.2) is 30.3 Å². The lowest BCUT2D eigenvalue weighted by molar-refractivity contribution is 0.0945. The van der Waals surface area contributed by atoms with E-state index in [4.69, 9.17) is 0 Å². The number of carbonyl (C=O) groups excluding carboxylic acids is 1. The summed E-state index contributed by atoms with van der Waals surface area (Å²) in [5, 5.41) is 2.94. The summed E-state index contributed by atoms with van der Waals surface area (Å²) in [5.74, 6) is 1.35. The molecule has 0 bridgehead atoms. The van der Waals surface area contributed by atoms with Crippen molar-refractivity contribution in [3.63, 3.8) is 0 Å². The summed E-state index contributed by atoms with van der Waals surface area (Å²) in [6.45, 7) is 6.39. The van der Waals surface area contributed by atoms with E-state index < -0.39 is 0 Å². The number of nitrogens with one attached hydrogen (secondary N) is 1. The Morgan fingerprint density at radius 2 is 1.79 bits per heavy atom. The second-order valence-corrected chi connectivity index (χ2v) is 6.37. The van der Waals surface area contributed by atoms with Crippen LogP contribution in [0.4, 0.5) is 5.82 Å². The molecular weight excluding hydrogens is 300 g/mol. The molecule has 0 aliphatic carbocycles. The van der Waals surface area contributed by atoms with Crippen LogP contribution in [0.2, 0.25) is 0 Å². The molecule has 0 atom stereocenters. The Balaban J connectivity index is 1.69. The van der Waals surface area contributed by atoms with Crippen LogP contribution in [0.5, 0.6) is 0 Å². The number of hydrogen-bond donors (Lipinski definition) is 1. The molecule has 3 rings (SSSR count). The maximum atomic E-state index is 12.5. The normalized spacial score (nSPS) is 14.5. The van der Waals surface area contributed by atoms with Crippen molar-refractivity contribution in [3.8, 4) is 0 Å². The lowest BCUT2D eigenvalue weighted by Gasteiger charge is -2.28. The van der Waals surface area contributed by atoms with Crippen molar-refractivity contribution < 1.29 is 4.79 Å². The highest BCUT2D eigenvalue weighted by Gasteiger charge is 2.16. The molecule has 1 fully saturated rings. The number of carbonyl (C=O) groups is 1. The van der Waals surface area contributed by atoms with Gasteiger partial charge in [0.1, 0.15) is 17.3 Å². The van der Waals surface area contributed by atoms with Gasteiger partial charge in [-0.1, -0.05) is 29.8 Å². The predicted octanol–water partition coefficient (Wildman–Crippen LogP) is 3.01. The maximum Gasteiger partial charge on any atom is 0.270 e. The molecule has 1 aliphatic rings. The zero-order valence-corrected chi connectivity index (χ0v) is 14.4. The number of piperidine rings is 1. The third kappa shape index (κ3) is 4.10. The molecule has 5 heteroatoms. The Kier molecular flexibility index (Phi) is 5.08. The van der Waals surface area contributed by atoms with Gasteiger partial charge in [0.15, 0.2) is 0 Å². The van der Waals surface area contributed by atoms with Gasteiger partial charge in [0.25, 0.3) is 5.91 Å². The largest absolute Gasteiger partial charge is 0.356 e. The molecule has 24 heavy (non-hydrogen) atoms. The summed E-state index contributed by atoms with van der Waals surface area (Å²) in [7, 11) is 0. The molecule has 2 heterocycles. The molecule has 1 aromatic carbocycles. The van der Waals surface area contributed by atoms with Gasteiger partial charge < -0.3 is 10.2 Å². The summed E-state index contributed by atoms with van der Waals surface area (Å²) >= 11 is 0. The average Bonchev–Trinajstić information content (AvgIpc) is 2.61. The predicted molar refractivity (Wildman–Crippen MR) is 95.2 cm³/mol. The number of benzene rings is 1. The molecule has 0 radical (unpaired) electrons. The molecule has 0 unspecified atom stereocenters. The van der Waals surface area contributed by atoms with E-state index in [1.807, 2.05) is 44.2 Å². The summed E-state index contributed by atoms with van der Waals surface area (Å²) in [6, 6.07) is 9.96. The van der Waals surface area contributed by atoms with Crippen molar-refractivity contribution in [1.29, 1.82) is 0 Å². The molecule has 0 spiro atoms. The fourth-order valence-corrected chi connectivity index (χ4v) is 2.93. The molecule has 5 nitrogen and oxygen atoms in total. The first-order valence-electron chi connectivity index (χ1n) is 8.56. The van der Waals surface area contributed by atoms with E-state index in [0.717, 1.165) is 24.5 Å². The van der Waals surface area contributed by atoms with Gasteiger partial charge in [-0.2, -0.15) is 0 Å². The molecular formula is C19H24N4O. The fraction of sp³-hybridized carbons (Fsp3) is 0.421. The lowest BCUT2D eigenvalue weighted by Crippen LogP contribution is -2.31. The standard InChI is InChI=1S/C19H24N4O/c1-14-6-8-16(9-7-14)13-20-19(24)17-12-18(22-15(2)21-17)23-10-4-3-5-11-23/h6-9,12H,3-5,10-11,13H2,1-2H3,(H,20,24). The van der Waals surface area contributed by atoms with Crippen LogP contribution in [-0.2, 0) is 6.54 Å². The number of aromatic nitrogens is 2. The Bertz CT molecular complexity index is 706. The van der Waals surface area contributed by atoms with Crippen molar-refractivity contribution in [3.05, 3.63) is 53.0 Å². The number of rotatable bonds is 4. The minimum Gasteiger partial charge on any atom is -0.356 e. The van der Waals surface area contributed by atoms with Gasteiger partial charge in [-0.25, -0.2) is 9.97 Å². The van der Waals surface area contributed by atoms with E-state index >= 15 is 0 Å². The summed E-state index contributed by atoms with van der Waals surface area (Å²) < 4.78 is 0. The zero-order chi connectivity index (χ0) is 16.9. The van der Waals surface area contributed by atoms with Gasteiger partial charge in [0.2, 0.25) is 0 Å². The molecule has 0 saturated carbocycles. The Morgan fingerprint density at radius 1 is 1.08 bits per heavy atom. The van der Waals surface area contributed by atoms with Crippen LogP contribution in [0.25, 0.3) is 0 Å². The van der Waals surface area contributed by atoms with Crippen molar-refractivity contribution in [2.45, 2.75) is 39.7 Å². The number of nitrogens with zero attached hydrogens (tertiary/aromatic N) is 3. The Labute approximate surface area is 143 Å². The monoisotopic (exact) mass is 324 g/mol. The van der Waals surface area contributed by atoms with Crippen LogP contribution in [0.3, 0.4) is 0 Å². The van der Waals surface area contributed by atoms with Crippen LogP contribution < -0.4 is 10.2 Å². The molecule has 1 N–H and O–H groups in total.